The van der Waals surface area contributed by atoms with E-state index in [1.165, 1.54) is 0 Å². The van der Waals surface area contributed by atoms with Crippen molar-refractivity contribution in [2.75, 3.05) is 18.0 Å². The minimum absolute atomic E-state index is 0.224. The minimum Gasteiger partial charge on any atom is -0.481 e. The van der Waals surface area contributed by atoms with Gasteiger partial charge in [-0.2, -0.15) is 0 Å². The van der Waals surface area contributed by atoms with E-state index in [9.17, 15) is 9.90 Å². The summed E-state index contributed by atoms with van der Waals surface area (Å²) in [6.45, 7) is 5.58. The van der Waals surface area contributed by atoms with Gasteiger partial charge in [0.05, 0.1) is 5.92 Å². The Labute approximate surface area is 98.9 Å². The molecular formula is C11H16N2O2S. The molecular weight excluding hydrogens is 224 g/mol. The van der Waals surface area contributed by atoms with Crippen LogP contribution in [0.1, 0.15) is 13.8 Å². The zero-order valence-electron chi connectivity index (χ0n) is 9.46. The van der Waals surface area contributed by atoms with Crippen LogP contribution in [0.4, 0.5) is 5.13 Å². The van der Waals surface area contributed by atoms with E-state index < -0.39 is 5.97 Å². The second kappa shape index (κ2) is 4.41. The lowest BCUT2D eigenvalue weighted by molar-refractivity contribution is -0.142. The third kappa shape index (κ3) is 2.04. The third-order valence-electron chi connectivity index (χ3n) is 3.23. The molecule has 2 atom stereocenters. The van der Waals surface area contributed by atoms with Gasteiger partial charge >= 0.3 is 5.97 Å². The normalized spacial score (nSPS) is 25.3. The summed E-state index contributed by atoms with van der Waals surface area (Å²) in [6, 6.07) is 0. The van der Waals surface area contributed by atoms with Gasteiger partial charge < -0.3 is 10.0 Å². The molecule has 0 spiro atoms. The molecule has 1 fully saturated rings. The van der Waals surface area contributed by atoms with Crippen molar-refractivity contribution in [3.05, 3.63) is 11.6 Å². The summed E-state index contributed by atoms with van der Waals surface area (Å²) in [6.07, 6.45) is 1.76. The first-order valence-corrected chi connectivity index (χ1v) is 6.34. The third-order valence-corrected chi connectivity index (χ3v) is 4.06. The summed E-state index contributed by atoms with van der Waals surface area (Å²) in [5, 5.41) is 12.1. The molecule has 2 heterocycles. The number of rotatable bonds is 3. The zero-order chi connectivity index (χ0) is 11.7. The maximum absolute atomic E-state index is 11.2. The van der Waals surface area contributed by atoms with E-state index in [1.54, 1.807) is 17.5 Å². The van der Waals surface area contributed by atoms with Gasteiger partial charge in [0.15, 0.2) is 5.13 Å². The number of aliphatic carboxylic acids is 1. The fourth-order valence-electron chi connectivity index (χ4n) is 2.29. The lowest BCUT2D eigenvalue weighted by atomic mass is 9.86. The van der Waals surface area contributed by atoms with Crippen LogP contribution in [-0.4, -0.2) is 29.1 Å². The predicted molar refractivity (Wildman–Crippen MR) is 63.8 cm³/mol. The van der Waals surface area contributed by atoms with Gasteiger partial charge in [-0.1, -0.05) is 13.8 Å². The van der Waals surface area contributed by atoms with E-state index in [0.717, 1.165) is 11.7 Å². The molecule has 88 valence electrons. The van der Waals surface area contributed by atoms with E-state index in [-0.39, 0.29) is 11.8 Å². The molecule has 0 radical (unpaired) electrons. The second-order valence-corrected chi connectivity index (χ2v) is 5.45. The Morgan fingerprint density at radius 3 is 2.81 bits per heavy atom. The SMILES string of the molecule is CC(C)[C@@H]1CN(c2nccs2)C[C@H]1C(=O)O. The molecule has 0 unspecified atom stereocenters. The van der Waals surface area contributed by atoms with Crippen molar-refractivity contribution in [1.82, 2.24) is 4.98 Å². The molecule has 0 aromatic carbocycles. The van der Waals surface area contributed by atoms with E-state index >= 15 is 0 Å². The van der Waals surface area contributed by atoms with Gasteiger partial charge in [0.2, 0.25) is 0 Å². The summed E-state index contributed by atoms with van der Waals surface area (Å²) in [4.78, 5) is 17.5. The summed E-state index contributed by atoms with van der Waals surface area (Å²) in [7, 11) is 0. The highest BCUT2D eigenvalue weighted by atomic mass is 32.1. The monoisotopic (exact) mass is 240 g/mol. The van der Waals surface area contributed by atoms with E-state index in [2.05, 4.69) is 23.7 Å². The Morgan fingerprint density at radius 2 is 2.38 bits per heavy atom. The zero-order valence-corrected chi connectivity index (χ0v) is 10.3. The number of thiazole rings is 1. The Bertz CT molecular complexity index is 364. The first-order valence-electron chi connectivity index (χ1n) is 5.47. The van der Waals surface area contributed by atoms with Gasteiger partial charge in [0.1, 0.15) is 0 Å². The lowest BCUT2D eigenvalue weighted by Gasteiger charge is -2.18. The van der Waals surface area contributed by atoms with Gasteiger partial charge in [-0.05, 0) is 11.8 Å². The molecule has 0 aliphatic carbocycles. The van der Waals surface area contributed by atoms with Crippen molar-refractivity contribution < 1.29 is 9.90 Å². The fourth-order valence-corrected chi connectivity index (χ4v) is 2.96. The van der Waals surface area contributed by atoms with Gasteiger partial charge in [0.25, 0.3) is 0 Å². The van der Waals surface area contributed by atoms with Crippen LogP contribution in [0.2, 0.25) is 0 Å². The number of anilines is 1. The van der Waals surface area contributed by atoms with Crippen LogP contribution in [0.5, 0.6) is 0 Å². The summed E-state index contributed by atoms with van der Waals surface area (Å²) >= 11 is 1.57. The highest BCUT2D eigenvalue weighted by Crippen LogP contribution is 2.33. The predicted octanol–water partition coefficient (Wildman–Crippen LogP) is 1.94. The van der Waals surface area contributed by atoms with Crippen molar-refractivity contribution in [3.63, 3.8) is 0 Å². The van der Waals surface area contributed by atoms with Crippen LogP contribution in [-0.2, 0) is 4.79 Å². The highest BCUT2D eigenvalue weighted by molar-refractivity contribution is 7.13. The fraction of sp³-hybridized carbons (Fsp3) is 0.636. The van der Waals surface area contributed by atoms with E-state index in [1.807, 2.05) is 5.38 Å². The minimum atomic E-state index is -0.683. The van der Waals surface area contributed by atoms with Crippen molar-refractivity contribution in [2.45, 2.75) is 13.8 Å². The number of carboxylic acids is 1. The van der Waals surface area contributed by atoms with Crippen LogP contribution >= 0.6 is 11.3 Å². The van der Waals surface area contributed by atoms with Gasteiger partial charge in [0, 0.05) is 24.7 Å². The maximum atomic E-state index is 11.2. The van der Waals surface area contributed by atoms with Gasteiger partial charge in [-0.15, -0.1) is 11.3 Å². The molecule has 1 saturated heterocycles. The maximum Gasteiger partial charge on any atom is 0.308 e. The Balaban J connectivity index is 2.15. The first kappa shape index (κ1) is 11.4. The van der Waals surface area contributed by atoms with Crippen LogP contribution in [0, 0.1) is 17.8 Å². The number of carbonyl (C=O) groups is 1. The molecule has 0 saturated carbocycles. The molecule has 1 N–H and O–H groups in total. The Hall–Kier alpha value is -1.10. The summed E-state index contributed by atoms with van der Waals surface area (Å²) in [5.74, 6) is -0.325. The quantitative estimate of drug-likeness (QED) is 0.877. The standard InChI is InChI=1S/C11H16N2O2S/c1-7(2)8-5-13(6-9(8)10(14)15)11-12-3-4-16-11/h3-4,7-9H,5-6H2,1-2H3,(H,14,15)/t8-,9+/m0/s1. The number of nitrogens with zero attached hydrogens (tertiary/aromatic N) is 2. The molecule has 1 aliphatic heterocycles. The average Bonchev–Trinajstić information content (AvgIpc) is 2.86. The lowest BCUT2D eigenvalue weighted by Crippen LogP contribution is -2.25. The van der Waals surface area contributed by atoms with Crippen LogP contribution in [0.25, 0.3) is 0 Å². The molecule has 0 bridgehead atoms. The molecule has 16 heavy (non-hydrogen) atoms. The van der Waals surface area contributed by atoms with Crippen LogP contribution in [0.15, 0.2) is 11.6 Å². The van der Waals surface area contributed by atoms with E-state index in [4.69, 9.17) is 0 Å². The first-order chi connectivity index (χ1) is 7.59. The number of hydrogen-bond donors (Lipinski definition) is 1. The van der Waals surface area contributed by atoms with Crippen molar-refractivity contribution >= 4 is 22.4 Å². The molecule has 1 aromatic rings. The van der Waals surface area contributed by atoms with E-state index in [0.29, 0.717) is 12.5 Å². The smallest absolute Gasteiger partial charge is 0.308 e. The molecule has 2 rings (SSSR count). The van der Waals surface area contributed by atoms with Gasteiger partial charge in [-0.3, -0.25) is 4.79 Å². The second-order valence-electron chi connectivity index (χ2n) is 4.57. The van der Waals surface area contributed by atoms with Crippen LogP contribution < -0.4 is 4.90 Å². The largest absolute Gasteiger partial charge is 0.481 e. The molecule has 4 nitrogen and oxygen atoms in total. The average molecular weight is 240 g/mol. The highest BCUT2D eigenvalue weighted by Gasteiger charge is 2.39. The van der Waals surface area contributed by atoms with Crippen molar-refractivity contribution in [3.8, 4) is 0 Å². The topological polar surface area (TPSA) is 53.4 Å². The number of carboxylic acid groups (broad SMARTS) is 1. The Morgan fingerprint density at radius 1 is 1.62 bits per heavy atom. The molecule has 0 amide bonds. The molecule has 5 heteroatoms. The number of aromatic nitrogens is 1. The summed E-state index contributed by atoms with van der Waals surface area (Å²) in [5.41, 5.74) is 0. The molecule has 1 aliphatic rings. The van der Waals surface area contributed by atoms with Crippen LogP contribution in [0.3, 0.4) is 0 Å². The number of hydrogen-bond acceptors (Lipinski definition) is 4. The molecule has 1 aromatic heterocycles. The summed E-state index contributed by atoms with van der Waals surface area (Å²) < 4.78 is 0. The van der Waals surface area contributed by atoms with Gasteiger partial charge in [-0.25, -0.2) is 4.98 Å². The Kier molecular flexibility index (Phi) is 3.14. The van der Waals surface area contributed by atoms with Crippen molar-refractivity contribution in [1.29, 1.82) is 0 Å². The van der Waals surface area contributed by atoms with Crippen molar-refractivity contribution in [2.24, 2.45) is 17.8 Å².